The van der Waals surface area contributed by atoms with Crippen molar-refractivity contribution in [3.8, 4) is 11.5 Å². The monoisotopic (exact) mass is 468 g/mol. The van der Waals surface area contributed by atoms with Crippen molar-refractivity contribution in [3.05, 3.63) is 88.2 Å². The van der Waals surface area contributed by atoms with Crippen LogP contribution in [0.5, 0.6) is 11.5 Å². The van der Waals surface area contributed by atoms with Gasteiger partial charge in [-0.3, -0.25) is 0 Å². The lowest BCUT2D eigenvalue weighted by molar-refractivity contribution is 0.211. The zero-order valence-corrected chi connectivity index (χ0v) is 19.7. The van der Waals surface area contributed by atoms with Crippen LogP contribution in [0.15, 0.2) is 66.7 Å². The molecule has 4 aromatic rings. The average molecular weight is 469 g/mol. The van der Waals surface area contributed by atoms with Crippen LogP contribution in [0, 0.1) is 6.92 Å². The largest absolute Gasteiger partial charge is 0.494 e. The number of unbranched alkanes of at least 4 members (excludes halogenated alkanes) is 1. The van der Waals surface area contributed by atoms with E-state index in [1.165, 1.54) is 0 Å². The summed E-state index contributed by atoms with van der Waals surface area (Å²) < 4.78 is 14.3. The molecule has 6 heteroatoms. The first-order valence-electron chi connectivity index (χ1n) is 10.8. The highest BCUT2D eigenvalue weighted by molar-refractivity contribution is 6.31. The number of imidazole rings is 1. The van der Waals surface area contributed by atoms with Gasteiger partial charge in [0, 0.05) is 16.6 Å². The van der Waals surface area contributed by atoms with E-state index in [2.05, 4.69) is 10.6 Å². The predicted molar refractivity (Wildman–Crippen MR) is 131 cm³/mol. The molecule has 32 heavy (non-hydrogen) atoms. The summed E-state index contributed by atoms with van der Waals surface area (Å²) in [6, 6.07) is 21.4. The minimum atomic E-state index is -0.197. The smallest absolute Gasteiger partial charge is 0.153 e. The van der Waals surface area contributed by atoms with Crippen LogP contribution in [0.1, 0.15) is 37.3 Å². The maximum atomic E-state index is 6.15. The van der Waals surface area contributed by atoms with Gasteiger partial charge in [-0.2, -0.15) is 0 Å². The van der Waals surface area contributed by atoms with Crippen LogP contribution in [-0.4, -0.2) is 16.2 Å². The first-order chi connectivity index (χ1) is 15.5. The highest BCUT2D eigenvalue weighted by Crippen LogP contribution is 2.27. The van der Waals surface area contributed by atoms with Crippen LogP contribution in [0.4, 0.5) is 0 Å². The Morgan fingerprint density at radius 3 is 2.47 bits per heavy atom. The molecule has 0 aliphatic rings. The molecule has 0 radical (unpaired) electrons. The van der Waals surface area contributed by atoms with E-state index >= 15 is 0 Å². The fourth-order valence-corrected chi connectivity index (χ4v) is 3.92. The second-order valence-electron chi connectivity index (χ2n) is 7.79. The minimum absolute atomic E-state index is 0.197. The number of rotatable bonds is 9. The van der Waals surface area contributed by atoms with Crippen LogP contribution in [-0.2, 0) is 6.54 Å². The molecule has 4 rings (SSSR count). The summed E-state index contributed by atoms with van der Waals surface area (Å²) in [6.07, 6.45) is 1.70. The first kappa shape index (κ1) is 22.5. The quantitative estimate of drug-likeness (QED) is 0.236. The van der Waals surface area contributed by atoms with E-state index in [1.54, 1.807) is 0 Å². The van der Waals surface area contributed by atoms with E-state index in [1.807, 2.05) is 74.5 Å². The molecule has 0 aliphatic heterocycles. The standard InChI is InChI=1S/C26H26Cl2N2O2/c1-18-17-22(13-14-23(18)28)31-16-6-5-15-30-25-8-4-3-7-24(25)29-26(30)19(2)32-21-11-9-20(27)10-12-21/h3-4,7-14,17,19H,5-6,15-16H2,1-2H3. The Hall–Kier alpha value is -2.69. The SMILES string of the molecule is Cc1cc(OCCCCn2c(C(C)Oc3ccc(Cl)cc3)nc3ccccc32)ccc1Cl. The van der Waals surface area contributed by atoms with Crippen LogP contribution in [0.2, 0.25) is 10.0 Å². The third kappa shape index (κ3) is 5.37. The number of hydrogen-bond acceptors (Lipinski definition) is 3. The Bertz CT molecular complexity index is 1190. The summed E-state index contributed by atoms with van der Waals surface area (Å²) in [5.41, 5.74) is 3.11. The zero-order valence-electron chi connectivity index (χ0n) is 18.2. The van der Waals surface area contributed by atoms with Gasteiger partial charge in [0.1, 0.15) is 11.5 Å². The van der Waals surface area contributed by atoms with Crippen LogP contribution in [0.25, 0.3) is 11.0 Å². The van der Waals surface area contributed by atoms with Gasteiger partial charge in [-0.05, 0) is 86.8 Å². The molecule has 0 amide bonds. The molecule has 1 atom stereocenters. The molecule has 1 aromatic heterocycles. The van der Waals surface area contributed by atoms with Gasteiger partial charge in [-0.25, -0.2) is 4.98 Å². The summed E-state index contributed by atoms with van der Waals surface area (Å²) >= 11 is 12.1. The molecule has 0 saturated heterocycles. The lowest BCUT2D eigenvalue weighted by Gasteiger charge is -2.17. The number of halogens is 2. The summed E-state index contributed by atoms with van der Waals surface area (Å²) in [6.45, 7) is 5.50. The number of ether oxygens (including phenoxy) is 2. The van der Waals surface area contributed by atoms with E-state index in [4.69, 9.17) is 37.7 Å². The van der Waals surface area contributed by atoms with Crippen LogP contribution in [0.3, 0.4) is 0 Å². The Morgan fingerprint density at radius 2 is 1.69 bits per heavy atom. The molecular weight excluding hydrogens is 443 g/mol. The number of nitrogens with zero attached hydrogens (tertiary/aromatic N) is 2. The van der Waals surface area contributed by atoms with Crippen molar-refractivity contribution in [1.82, 2.24) is 9.55 Å². The van der Waals surface area contributed by atoms with Crippen LogP contribution < -0.4 is 9.47 Å². The first-order valence-corrected chi connectivity index (χ1v) is 11.5. The molecule has 0 spiro atoms. The molecule has 1 unspecified atom stereocenters. The maximum Gasteiger partial charge on any atom is 0.153 e. The molecule has 1 heterocycles. The van der Waals surface area contributed by atoms with Gasteiger partial charge in [-0.1, -0.05) is 35.3 Å². The molecule has 0 saturated carbocycles. The zero-order chi connectivity index (χ0) is 22.5. The van der Waals surface area contributed by atoms with Crippen molar-refractivity contribution in [3.63, 3.8) is 0 Å². The number of hydrogen-bond donors (Lipinski definition) is 0. The van der Waals surface area contributed by atoms with Gasteiger partial charge in [0.2, 0.25) is 0 Å². The second-order valence-corrected chi connectivity index (χ2v) is 8.63. The third-order valence-corrected chi connectivity index (χ3v) is 6.02. The molecule has 3 aromatic carbocycles. The Labute approximate surface area is 198 Å². The van der Waals surface area contributed by atoms with Crippen molar-refractivity contribution in [2.75, 3.05) is 6.61 Å². The normalized spacial score (nSPS) is 12.1. The Balaban J connectivity index is 1.41. The van der Waals surface area contributed by atoms with E-state index in [9.17, 15) is 0 Å². The van der Waals surface area contributed by atoms with Gasteiger partial charge in [0.05, 0.1) is 17.6 Å². The minimum Gasteiger partial charge on any atom is -0.494 e. The molecule has 0 N–H and O–H groups in total. The number of para-hydroxylation sites is 2. The van der Waals surface area contributed by atoms with Gasteiger partial charge >= 0.3 is 0 Å². The third-order valence-electron chi connectivity index (χ3n) is 5.35. The summed E-state index contributed by atoms with van der Waals surface area (Å²) in [7, 11) is 0. The van der Waals surface area contributed by atoms with Gasteiger partial charge < -0.3 is 14.0 Å². The molecule has 0 aliphatic carbocycles. The maximum absolute atomic E-state index is 6.15. The highest BCUT2D eigenvalue weighted by Gasteiger charge is 2.18. The van der Waals surface area contributed by atoms with Crippen LogP contribution >= 0.6 is 23.2 Å². The topological polar surface area (TPSA) is 36.3 Å². The highest BCUT2D eigenvalue weighted by atomic mass is 35.5. The van der Waals surface area contributed by atoms with Crippen molar-refractivity contribution in [2.24, 2.45) is 0 Å². The molecule has 166 valence electrons. The summed E-state index contributed by atoms with van der Waals surface area (Å²) in [5.74, 6) is 2.54. The van der Waals surface area contributed by atoms with Crippen molar-refractivity contribution in [1.29, 1.82) is 0 Å². The lowest BCUT2D eigenvalue weighted by Crippen LogP contribution is -2.12. The Kier molecular flexibility index (Phi) is 7.23. The van der Waals surface area contributed by atoms with Gasteiger partial charge in [-0.15, -0.1) is 0 Å². The second kappa shape index (κ2) is 10.3. The van der Waals surface area contributed by atoms with Gasteiger partial charge in [0.15, 0.2) is 11.9 Å². The van der Waals surface area contributed by atoms with Crippen molar-refractivity contribution < 1.29 is 9.47 Å². The summed E-state index contributed by atoms with van der Waals surface area (Å²) in [5, 5.41) is 1.44. The molecule has 0 bridgehead atoms. The molecular formula is C26H26Cl2N2O2. The van der Waals surface area contributed by atoms with E-state index in [0.717, 1.165) is 58.3 Å². The van der Waals surface area contributed by atoms with E-state index in [0.29, 0.717) is 11.6 Å². The summed E-state index contributed by atoms with van der Waals surface area (Å²) in [4.78, 5) is 4.86. The fraction of sp³-hybridized carbons (Fsp3) is 0.269. The predicted octanol–water partition coefficient (Wildman–Crippen LogP) is 7.65. The average Bonchev–Trinajstić information content (AvgIpc) is 3.16. The van der Waals surface area contributed by atoms with Crippen molar-refractivity contribution in [2.45, 2.75) is 39.3 Å². The van der Waals surface area contributed by atoms with E-state index in [-0.39, 0.29) is 6.10 Å². The molecule has 0 fully saturated rings. The number of benzene rings is 3. The number of aryl methyl sites for hydroxylation is 2. The Morgan fingerprint density at radius 1 is 0.938 bits per heavy atom. The van der Waals surface area contributed by atoms with E-state index < -0.39 is 0 Å². The van der Waals surface area contributed by atoms with Gasteiger partial charge in [0.25, 0.3) is 0 Å². The number of aromatic nitrogens is 2. The van der Waals surface area contributed by atoms with Crippen molar-refractivity contribution >= 4 is 34.2 Å². The number of fused-ring (bicyclic) bond motifs is 1. The molecule has 4 nitrogen and oxygen atoms in total. The lowest BCUT2D eigenvalue weighted by atomic mass is 10.2. The fourth-order valence-electron chi connectivity index (χ4n) is 3.68.